The maximum Gasteiger partial charge on any atom is 0.260 e. The second-order valence-corrected chi connectivity index (χ2v) is 11.7. The lowest BCUT2D eigenvalue weighted by atomic mass is 9.83. The molecule has 7 heteroatoms. The molecule has 3 unspecified atom stereocenters. The normalized spacial score (nSPS) is 21.6. The van der Waals surface area contributed by atoms with Crippen LogP contribution in [0.4, 0.5) is 10.1 Å². The number of nitrogens with zero attached hydrogens (tertiary/aromatic N) is 2. The first-order valence-corrected chi connectivity index (χ1v) is 15.0. The maximum absolute atomic E-state index is 13.8. The van der Waals surface area contributed by atoms with Crippen LogP contribution >= 0.6 is 11.8 Å². The molecule has 40 heavy (non-hydrogen) atoms. The molecule has 1 saturated heterocycles. The SMILES string of the molecule is CCN(CCNC(=O)C1CCC2S/C(=C\c3ccccc3)C(=O)N(Cc3ccc(F)cc3)C2C1)c1ccccc1. The van der Waals surface area contributed by atoms with Gasteiger partial charge in [-0.15, -0.1) is 11.8 Å². The quantitative estimate of drug-likeness (QED) is 0.322. The number of hydrogen-bond acceptors (Lipinski definition) is 4. The van der Waals surface area contributed by atoms with Crippen LogP contribution in [0.5, 0.6) is 0 Å². The number of anilines is 1. The molecule has 208 valence electrons. The van der Waals surface area contributed by atoms with Crippen LogP contribution in [0.15, 0.2) is 89.8 Å². The fourth-order valence-electron chi connectivity index (χ4n) is 5.67. The Kier molecular flexibility index (Phi) is 9.22. The summed E-state index contributed by atoms with van der Waals surface area (Å²) in [6, 6.07) is 26.4. The molecule has 0 aromatic heterocycles. The highest BCUT2D eigenvalue weighted by atomic mass is 32.2. The average molecular weight is 558 g/mol. The van der Waals surface area contributed by atoms with Crippen LogP contribution in [0, 0.1) is 11.7 Å². The van der Waals surface area contributed by atoms with Gasteiger partial charge in [-0.25, -0.2) is 4.39 Å². The molecular formula is C33H36FN3O2S. The Labute approximate surface area is 240 Å². The number of benzene rings is 3. The molecule has 3 aromatic rings. The Morgan fingerprint density at radius 1 is 1.02 bits per heavy atom. The van der Waals surface area contributed by atoms with Crippen LogP contribution in [-0.2, 0) is 16.1 Å². The van der Waals surface area contributed by atoms with Crippen LogP contribution in [0.1, 0.15) is 37.3 Å². The Morgan fingerprint density at radius 2 is 1.73 bits per heavy atom. The van der Waals surface area contributed by atoms with Gasteiger partial charge in [-0.3, -0.25) is 9.59 Å². The van der Waals surface area contributed by atoms with Crippen LogP contribution in [0.25, 0.3) is 6.08 Å². The zero-order chi connectivity index (χ0) is 27.9. The second-order valence-electron chi connectivity index (χ2n) is 10.4. The first kappa shape index (κ1) is 28.0. The lowest BCUT2D eigenvalue weighted by molar-refractivity contribution is -0.133. The van der Waals surface area contributed by atoms with Crippen molar-refractivity contribution in [2.75, 3.05) is 24.5 Å². The molecule has 1 saturated carbocycles. The molecule has 1 aliphatic carbocycles. The highest BCUT2D eigenvalue weighted by molar-refractivity contribution is 8.04. The summed E-state index contributed by atoms with van der Waals surface area (Å²) in [6.07, 6.45) is 4.25. The van der Waals surface area contributed by atoms with E-state index in [2.05, 4.69) is 29.3 Å². The zero-order valence-electron chi connectivity index (χ0n) is 22.8. The van der Waals surface area contributed by atoms with Gasteiger partial charge in [0.2, 0.25) is 5.91 Å². The average Bonchev–Trinajstić information content (AvgIpc) is 2.99. The van der Waals surface area contributed by atoms with Gasteiger partial charge in [-0.05, 0) is 67.7 Å². The highest BCUT2D eigenvalue weighted by Gasteiger charge is 2.44. The van der Waals surface area contributed by atoms with Crippen molar-refractivity contribution in [2.24, 2.45) is 5.92 Å². The van der Waals surface area contributed by atoms with Gasteiger partial charge in [0.15, 0.2) is 0 Å². The molecule has 1 aliphatic heterocycles. The fourth-order valence-corrected chi connectivity index (χ4v) is 7.08. The van der Waals surface area contributed by atoms with Crippen molar-refractivity contribution < 1.29 is 14.0 Å². The van der Waals surface area contributed by atoms with E-state index in [0.29, 0.717) is 19.5 Å². The van der Waals surface area contributed by atoms with Gasteiger partial charge >= 0.3 is 0 Å². The van der Waals surface area contributed by atoms with E-state index in [1.54, 1.807) is 23.9 Å². The summed E-state index contributed by atoms with van der Waals surface area (Å²) in [6.45, 7) is 4.68. The van der Waals surface area contributed by atoms with Crippen LogP contribution in [0.3, 0.4) is 0 Å². The molecule has 3 aromatic carbocycles. The molecule has 5 nitrogen and oxygen atoms in total. The molecule has 0 bridgehead atoms. The number of para-hydroxylation sites is 1. The summed E-state index contributed by atoms with van der Waals surface area (Å²) in [4.78, 5) is 32.0. The minimum Gasteiger partial charge on any atom is -0.370 e. The number of halogens is 1. The predicted octanol–water partition coefficient (Wildman–Crippen LogP) is 6.12. The number of likely N-dealkylation sites (N-methyl/N-ethyl adjacent to an activating group) is 1. The number of thioether (sulfide) groups is 1. The van der Waals surface area contributed by atoms with E-state index in [0.717, 1.165) is 47.7 Å². The van der Waals surface area contributed by atoms with E-state index in [1.807, 2.05) is 59.5 Å². The topological polar surface area (TPSA) is 52.7 Å². The molecule has 0 radical (unpaired) electrons. The Morgan fingerprint density at radius 3 is 2.42 bits per heavy atom. The van der Waals surface area contributed by atoms with Crippen molar-refractivity contribution in [3.05, 3.63) is 107 Å². The minimum absolute atomic E-state index is 0.0260. The molecule has 2 amide bonds. The van der Waals surface area contributed by atoms with E-state index in [4.69, 9.17) is 0 Å². The zero-order valence-corrected chi connectivity index (χ0v) is 23.7. The number of carbonyl (C=O) groups is 2. The van der Waals surface area contributed by atoms with Crippen molar-refractivity contribution in [2.45, 2.75) is 44.0 Å². The smallest absolute Gasteiger partial charge is 0.260 e. The van der Waals surface area contributed by atoms with Gasteiger partial charge in [0.1, 0.15) is 5.82 Å². The standard InChI is InChI=1S/C33H36FN3O2S/c1-2-36(28-11-7-4-8-12-28)20-19-35-32(38)26-15-18-30-29(22-26)37(23-25-13-16-27(34)17-14-25)33(39)31(40-30)21-24-9-5-3-6-10-24/h3-14,16-17,21,26,29-30H,2,15,18-20,22-23H2,1H3,(H,35,38)/b31-21-. The molecule has 0 spiro atoms. The van der Waals surface area contributed by atoms with Gasteiger partial charge in [-0.1, -0.05) is 60.7 Å². The number of amides is 2. The fraction of sp³-hybridized carbons (Fsp3) is 0.333. The summed E-state index contributed by atoms with van der Waals surface area (Å²) in [5.41, 5.74) is 3.02. The third kappa shape index (κ3) is 6.76. The van der Waals surface area contributed by atoms with Gasteiger partial charge in [0, 0.05) is 49.1 Å². The predicted molar refractivity (Wildman–Crippen MR) is 161 cm³/mol. The molecule has 2 aliphatic rings. The monoisotopic (exact) mass is 557 g/mol. The Balaban J connectivity index is 1.28. The number of carbonyl (C=O) groups excluding carboxylic acids is 2. The molecule has 2 fully saturated rings. The summed E-state index contributed by atoms with van der Waals surface area (Å²) in [5.74, 6) is -0.402. The van der Waals surface area contributed by atoms with Crippen LogP contribution in [0.2, 0.25) is 0 Å². The van der Waals surface area contributed by atoms with Gasteiger partial charge in [0.25, 0.3) is 5.91 Å². The van der Waals surface area contributed by atoms with E-state index in [-0.39, 0.29) is 34.8 Å². The van der Waals surface area contributed by atoms with Crippen LogP contribution < -0.4 is 10.2 Å². The van der Waals surface area contributed by atoms with Gasteiger partial charge in [-0.2, -0.15) is 0 Å². The van der Waals surface area contributed by atoms with E-state index in [1.165, 1.54) is 12.1 Å². The maximum atomic E-state index is 13.8. The minimum atomic E-state index is -0.296. The third-order valence-corrected chi connectivity index (χ3v) is 9.22. The molecular weight excluding hydrogens is 521 g/mol. The Hall–Kier alpha value is -3.58. The molecule has 3 atom stereocenters. The van der Waals surface area contributed by atoms with Crippen molar-refractivity contribution in [1.29, 1.82) is 0 Å². The Bertz CT molecular complexity index is 1320. The van der Waals surface area contributed by atoms with Gasteiger partial charge < -0.3 is 15.1 Å². The number of nitrogens with one attached hydrogen (secondary N) is 1. The van der Waals surface area contributed by atoms with Crippen molar-refractivity contribution >= 4 is 35.3 Å². The summed E-state index contributed by atoms with van der Waals surface area (Å²) < 4.78 is 13.6. The first-order valence-electron chi connectivity index (χ1n) is 14.1. The van der Waals surface area contributed by atoms with Crippen LogP contribution in [-0.4, -0.2) is 47.6 Å². The lowest BCUT2D eigenvalue weighted by Crippen LogP contribution is -2.53. The van der Waals surface area contributed by atoms with E-state index >= 15 is 0 Å². The number of fused-ring (bicyclic) bond motifs is 1. The highest BCUT2D eigenvalue weighted by Crippen LogP contribution is 2.44. The molecule has 1 heterocycles. The summed E-state index contributed by atoms with van der Waals surface area (Å²) >= 11 is 1.64. The van der Waals surface area contributed by atoms with Crippen molar-refractivity contribution in [3.63, 3.8) is 0 Å². The molecule has 1 N–H and O–H groups in total. The van der Waals surface area contributed by atoms with Gasteiger partial charge in [0.05, 0.1) is 4.91 Å². The molecule has 5 rings (SSSR count). The first-order chi connectivity index (χ1) is 19.5. The van der Waals surface area contributed by atoms with E-state index in [9.17, 15) is 14.0 Å². The number of rotatable bonds is 9. The largest absolute Gasteiger partial charge is 0.370 e. The van der Waals surface area contributed by atoms with Crippen molar-refractivity contribution in [1.82, 2.24) is 10.2 Å². The second kappa shape index (κ2) is 13.2. The summed E-state index contributed by atoms with van der Waals surface area (Å²) in [5, 5.41) is 3.38. The van der Waals surface area contributed by atoms with Crippen molar-refractivity contribution in [3.8, 4) is 0 Å². The van der Waals surface area contributed by atoms with E-state index < -0.39 is 0 Å². The summed E-state index contributed by atoms with van der Waals surface area (Å²) in [7, 11) is 0. The third-order valence-electron chi connectivity index (χ3n) is 7.82. The lowest BCUT2D eigenvalue weighted by Gasteiger charge is -2.46. The number of hydrogen-bond donors (Lipinski definition) is 1.